The number of rotatable bonds is 1. The van der Waals surface area contributed by atoms with E-state index in [0.717, 1.165) is 6.33 Å². The smallest absolute Gasteiger partial charge is 0.392 e. The Balaban J connectivity index is 0.000000640. The van der Waals surface area contributed by atoms with Crippen molar-refractivity contribution in [3.05, 3.63) is 16.4 Å². The van der Waals surface area contributed by atoms with Crippen LogP contribution < -0.4 is 56.5 Å². The molecule has 1 rings (SSSR count). The molecule has 42 valence electrons. The monoisotopic (exact) mass is 152 g/mol. The second kappa shape index (κ2) is 4.07. The van der Waals surface area contributed by atoms with Gasteiger partial charge in [-0.15, -0.1) is 0 Å². The maximum absolute atomic E-state index is 9.70. The van der Waals surface area contributed by atoms with E-state index < -0.39 is 10.9 Å². The molecule has 1 aromatic rings. The van der Waals surface area contributed by atoms with E-state index in [-0.39, 0.29) is 51.4 Å². The first kappa shape index (κ1) is 9.18. The van der Waals surface area contributed by atoms with E-state index in [4.69, 9.17) is 0 Å². The van der Waals surface area contributed by atoms with E-state index in [9.17, 15) is 10.1 Å². The van der Waals surface area contributed by atoms with Crippen LogP contribution in [0.4, 0.5) is 5.95 Å². The normalized spacial score (nSPS) is 8.00. The molecule has 0 bridgehead atoms. The molecule has 0 aliphatic heterocycles. The quantitative estimate of drug-likeness (QED) is 0.235. The summed E-state index contributed by atoms with van der Waals surface area (Å²) in [4.78, 5) is 12.2. The van der Waals surface area contributed by atoms with Crippen LogP contribution in [0.15, 0.2) is 6.33 Å². The molecule has 0 aliphatic rings. The molecule has 0 unspecified atom stereocenters. The van der Waals surface area contributed by atoms with Crippen LogP contribution in [0.3, 0.4) is 0 Å². The molecule has 0 aliphatic carbocycles. The zero-order valence-electron chi connectivity index (χ0n) is 4.68. The number of nitrogens with zero attached hydrogens (tertiary/aromatic N) is 4. The van der Waals surface area contributed by atoms with Gasteiger partial charge in [-0.25, -0.2) is 0 Å². The van der Waals surface area contributed by atoms with Gasteiger partial charge >= 0.3 is 51.4 Å². The summed E-state index contributed by atoms with van der Waals surface area (Å²) in [5.41, 5.74) is 0. The molecule has 0 saturated carbocycles. The van der Waals surface area contributed by atoms with Crippen LogP contribution in [0.1, 0.15) is 0 Å². The molecule has 0 aromatic carbocycles. The summed E-state index contributed by atoms with van der Waals surface area (Å²) in [7, 11) is 0. The molecule has 0 radical (unpaired) electrons. The molecule has 6 nitrogen and oxygen atoms in total. The standard InChI is InChI=1S/C2HN4O2.K/c7-6(8)2-3-1-4-5-2;/h1H;/q-1;+1. The number of hydrogen-bond donors (Lipinski definition) is 0. The van der Waals surface area contributed by atoms with Gasteiger partial charge in [0.25, 0.3) is 5.95 Å². The van der Waals surface area contributed by atoms with E-state index in [1.165, 1.54) is 0 Å². The summed E-state index contributed by atoms with van der Waals surface area (Å²) in [6.07, 6.45) is 1.03. The Kier molecular flexibility index (Phi) is 4.15. The van der Waals surface area contributed by atoms with Gasteiger partial charge < -0.3 is 15.1 Å². The van der Waals surface area contributed by atoms with Crippen LogP contribution in [0, 0.1) is 10.1 Å². The summed E-state index contributed by atoms with van der Waals surface area (Å²) in [6.45, 7) is 0. The van der Waals surface area contributed by atoms with Gasteiger partial charge in [0.2, 0.25) is 0 Å². The SMILES string of the molecule is O=[N+]([O-])c1nc[n-]n1.[K+]. The second-order valence-electron chi connectivity index (χ2n) is 1.02. The van der Waals surface area contributed by atoms with E-state index in [2.05, 4.69) is 15.2 Å². The van der Waals surface area contributed by atoms with Crippen molar-refractivity contribution >= 4 is 5.95 Å². The number of hydrogen-bond acceptors (Lipinski definition) is 4. The van der Waals surface area contributed by atoms with Gasteiger partial charge in [-0.1, -0.05) is 16.3 Å². The molecule has 7 heteroatoms. The third-order valence-electron chi connectivity index (χ3n) is 0.535. The number of nitro groups is 1. The molecule has 0 fully saturated rings. The van der Waals surface area contributed by atoms with Crippen molar-refractivity contribution < 1.29 is 56.3 Å². The van der Waals surface area contributed by atoms with Crippen LogP contribution >= 0.6 is 0 Å². The Morgan fingerprint density at radius 3 is 2.67 bits per heavy atom. The molecule has 1 aromatic heterocycles. The average molecular weight is 152 g/mol. The minimum atomic E-state index is -0.701. The predicted octanol–water partition coefficient (Wildman–Crippen LogP) is -3.65. The fourth-order valence-electron chi connectivity index (χ4n) is 0.264. The van der Waals surface area contributed by atoms with Crippen molar-refractivity contribution in [1.82, 2.24) is 15.2 Å². The predicted molar refractivity (Wildman–Crippen MR) is 22.0 cm³/mol. The molecule has 0 N–H and O–H groups in total. The average Bonchev–Trinajstić information content (AvgIpc) is 2.12. The molecule has 0 amide bonds. The topological polar surface area (TPSA) is 83.0 Å². The van der Waals surface area contributed by atoms with E-state index in [1.54, 1.807) is 0 Å². The molecular formula is C2HKN4O2. The molecular weight excluding hydrogens is 151 g/mol. The van der Waals surface area contributed by atoms with Crippen molar-refractivity contribution in [2.24, 2.45) is 0 Å². The Bertz CT molecular complexity index is 184. The van der Waals surface area contributed by atoms with Crippen molar-refractivity contribution in [2.75, 3.05) is 0 Å². The zero-order chi connectivity index (χ0) is 5.98. The Labute approximate surface area is 92.6 Å². The maximum atomic E-state index is 9.70. The third kappa shape index (κ3) is 2.50. The molecule has 9 heavy (non-hydrogen) atoms. The van der Waals surface area contributed by atoms with Crippen LogP contribution in [-0.2, 0) is 0 Å². The third-order valence-corrected chi connectivity index (χ3v) is 0.535. The first-order chi connectivity index (χ1) is 3.80. The second-order valence-corrected chi connectivity index (χ2v) is 1.02. The first-order valence-electron chi connectivity index (χ1n) is 1.75. The van der Waals surface area contributed by atoms with Gasteiger partial charge in [0.1, 0.15) is 0 Å². The minimum Gasteiger partial charge on any atom is -0.392 e. The van der Waals surface area contributed by atoms with Gasteiger partial charge in [0.15, 0.2) is 0 Å². The summed E-state index contributed by atoms with van der Waals surface area (Å²) >= 11 is 0. The van der Waals surface area contributed by atoms with Crippen LogP contribution in [0.25, 0.3) is 0 Å². The van der Waals surface area contributed by atoms with Gasteiger partial charge in [-0.3, -0.25) is 5.10 Å². The first-order valence-corrected chi connectivity index (χ1v) is 1.75. The van der Waals surface area contributed by atoms with Crippen LogP contribution in [0.2, 0.25) is 0 Å². The summed E-state index contributed by atoms with van der Waals surface area (Å²) in [6, 6.07) is 0. The zero-order valence-corrected chi connectivity index (χ0v) is 7.81. The van der Waals surface area contributed by atoms with Crippen LogP contribution in [0.5, 0.6) is 0 Å². The van der Waals surface area contributed by atoms with Crippen molar-refractivity contribution in [3.63, 3.8) is 0 Å². The summed E-state index contributed by atoms with van der Waals surface area (Å²) in [5, 5.41) is 15.9. The van der Waals surface area contributed by atoms with Crippen LogP contribution in [-0.4, -0.2) is 15.0 Å². The van der Waals surface area contributed by atoms with Crippen molar-refractivity contribution in [1.29, 1.82) is 0 Å². The minimum absolute atomic E-state index is 0. The number of aromatic nitrogens is 3. The molecule has 0 spiro atoms. The van der Waals surface area contributed by atoms with E-state index >= 15 is 0 Å². The molecule has 0 atom stereocenters. The van der Waals surface area contributed by atoms with Gasteiger partial charge in [0, 0.05) is 0 Å². The summed E-state index contributed by atoms with van der Waals surface area (Å²) in [5.74, 6) is -0.454. The summed E-state index contributed by atoms with van der Waals surface area (Å²) < 4.78 is 0. The van der Waals surface area contributed by atoms with E-state index in [1.807, 2.05) is 0 Å². The van der Waals surface area contributed by atoms with E-state index in [0.29, 0.717) is 0 Å². The largest absolute Gasteiger partial charge is 1.00 e. The van der Waals surface area contributed by atoms with Gasteiger partial charge in [-0.2, -0.15) is 0 Å². The maximum Gasteiger partial charge on any atom is 1.00 e. The fourth-order valence-corrected chi connectivity index (χ4v) is 0.264. The molecule has 1 heterocycles. The fraction of sp³-hybridized carbons (Fsp3) is 0. The Morgan fingerprint density at radius 1 is 1.78 bits per heavy atom. The Hall–Kier alpha value is 0.176. The van der Waals surface area contributed by atoms with Gasteiger partial charge in [0.05, 0.1) is 0 Å². The molecule has 0 saturated heterocycles. The Morgan fingerprint density at radius 2 is 2.44 bits per heavy atom. The van der Waals surface area contributed by atoms with Crippen molar-refractivity contribution in [3.8, 4) is 0 Å². The van der Waals surface area contributed by atoms with Gasteiger partial charge in [-0.05, 0) is 0 Å². The van der Waals surface area contributed by atoms with Crippen molar-refractivity contribution in [2.45, 2.75) is 0 Å².